The molecule has 17 heavy (non-hydrogen) atoms. The van der Waals surface area contributed by atoms with Crippen molar-refractivity contribution in [2.45, 2.75) is 38.6 Å². The van der Waals surface area contributed by atoms with Gasteiger partial charge in [-0.15, -0.1) is 12.4 Å². The van der Waals surface area contributed by atoms with E-state index in [9.17, 15) is 0 Å². The lowest BCUT2D eigenvalue weighted by atomic mass is 9.83. The first-order valence-electron chi connectivity index (χ1n) is 6.01. The third-order valence-electron chi connectivity index (χ3n) is 3.78. The van der Waals surface area contributed by atoms with Crippen LogP contribution in [0.2, 0.25) is 0 Å². The van der Waals surface area contributed by atoms with Gasteiger partial charge in [0.25, 0.3) is 0 Å². The van der Waals surface area contributed by atoms with E-state index in [0.717, 1.165) is 18.7 Å². The van der Waals surface area contributed by atoms with Crippen LogP contribution in [0.1, 0.15) is 31.9 Å². The summed E-state index contributed by atoms with van der Waals surface area (Å²) in [6.45, 7) is 7.80. The summed E-state index contributed by atoms with van der Waals surface area (Å²) < 4.78 is 5.45. The molecule has 0 fully saturated rings. The number of ether oxygens (including phenoxy) is 1. The molecule has 0 amide bonds. The van der Waals surface area contributed by atoms with E-state index in [2.05, 4.69) is 44.3 Å². The topological polar surface area (TPSA) is 21.3 Å². The van der Waals surface area contributed by atoms with Crippen LogP contribution in [0.15, 0.2) is 18.2 Å². The Kier molecular flexibility index (Phi) is 4.45. The van der Waals surface area contributed by atoms with Crippen LogP contribution >= 0.6 is 12.4 Å². The molecule has 1 unspecified atom stereocenters. The zero-order valence-corrected chi connectivity index (χ0v) is 11.9. The van der Waals surface area contributed by atoms with Crippen LogP contribution in [0, 0.1) is 0 Å². The van der Waals surface area contributed by atoms with Gasteiger partial charge in [-0.25, -0.2) is 0 Å². The number of likely N-dealkylation sites (N-methyl/N-ethyl adjacent to an activating group) is 1. The minimum atomic E-state index is 0. The highest BCUT2D eigenvalue weighted by Crippen LogP contribution is 2.42. The summed E-state index contributed by atoms with van der Waals surface area (Å²) in [4.78, 5) is 0. The van der Waals surface area contributed by atoms with Crippen LogP contribution in [0.4, 0.5) is 0 Å². The SMILES string of the molecule is CCNC1Cc2c(OC)cccc2C1(C)C.Cl. The average molecular weight is 256 g/mol. The van der Waals surface area contributed by atoms with Gasteiger partial charge in [0, 0.05) is 11.5 Å². The summed E-state index contributed by atoms with van der Waals surface area (Å²) in [5.74, 6) is 1.03. The highest BCUT2D eigenvalue weighted by molar-refractivity contribution is 5.85. The van der Waals surface area contributed by atoms with E-state index in [0.29, 0.717) is 6.04 Å². The lowest BCUT2D eigenvalue weighted by molar-refractivity contribution is 0.373. The average Bonchev–Trinajstić information content (AvgIpc) is 2.52. The molecule has 2 rings (SSSR count). The maximum atomic E-state index is 5.45. The Balaban J connectivity index is 0.00000144. The normalized spacial score (nSPS) is 20.6. The molecule has 0 aliphatic heterocycles. The Morgan fingerprint density at radius 3 is 2.71 bits per heavy atom. The number of benzene rings is 1. The van der Waals surface area contributed by atoms with E-state index in [1.165, 1.54) is 11.1 Å². The van der Waals surface area contributed by atoms with Crippen molar-refractivity contribution in [2.75, 3.05) is 13.7 Å². The van der Waals surface area contributed by atoms with Crippen molar-refractivity contribution in [3.8, 4) is 5.75 Å². The van der Waals surface area contributed by atoms with Crippen molar-refractivity contribution in [1.82, 2.24) is 5.32 Å². The molecule has 1 aromatic carbocycles. The third-order valence-corrected chi connectivity index (χ3v) is 3.78. The maximum absolute atomic E-state index is 5.45. The van der Waals surface area contributed by atoms with Crippen molar-refractivity contribution in [3.05, 3.63) is 29.3 Å². The Morgan fingerprint density at radius 1 is 1.41 bits per heavy atom. The molecule has 0 bridgehead atoms. The summed E-state index contributed by atoms with van der Waals surface area (Å²) >= 11 is 0. The first-order valence-corrected chi connectivity index (χ1v) is 6.01. The lowest BCUT2D eigenvalue weighted by Gasteiger charge is -2.28. The standard InChI is InChI=1S/C14H21NO.ClH/c1-5-15-13-9-10-11(14(13,2)3)7-6-8-12(10)16-4;/h6-8,13,15H,5,9H2,1-4H3;1H. The van der Waals surface area contributed by atoms with Gasteiger partial charge >= 0.3 is 0 Å². The number of hydrogen-bond acceptors (Lipinski definition) is 2. The van der Waals surface area contributed by atoms with Gasteiger partial charge in [0.15, 0.2) is 0 Å². The van der Waals surface area contributed by atoms with E-state index >= 15 is 0 Å². The van der Waals surface area contributed by atoms with Crippen LogP contribution in [0.25, 0.3) is 0 Å². The number of halogens is 1. The molecular weight excluding hydrogens is 234 g/mol. The second kappa shape index (κ2) is 5.28. The van der Waals surface area contributed by atoms with Crippen molar-refractivity contribution in [2.24, 2.45) is 0 Å². The third kappa shape index (κ3) is 2.29. The summed E-state index contributed by atoms with van der Waals surface area (Å²) in [6, 6.07) is 6.90. The first-order chi connectivity index (χ1) is 7.61. The molecule has 0 saturated carbocycles. The molecule has 96 valence electrons. The minimum absolute atomic E-state index is 0. The summed E-state index contributed by atoms with van der Waals surface area (Å²) in [7, 11) is 1.75. The molecule has 0 saturated heterocycles. The fourth-order valence-electron chi connectivity index (χ4n) is 2.79. The van der Waals surface area contributed by atoms with Crippen molar-refractivity contribution >= 4 is 12.4 Å². The van der Waals surface area contributed by atoms with Gasteiger partial charge in [-0.05, 0) is 30.2 Å². The van der Waals surface area contributed by atoms with Crippen molar-refractivity contribution in [1.29, 1.82) is 0 Å². The summed E-state index contributed by atoms with van der Waals surface area (Å²) in [5, 5.41) is 3.58. The molecule has 0 spiro atoms. The molecule has 2 nitrogen and oxygen atoms in total. The minimum Gasteiger partial charge on any atom is -0.496 e. The van der Waals surface area contributed by atoms with E-state index in [1.807, 2.05) is 0 Å². The molecule has 1 aromatic rings. The number of fused-ring (bicyclic) bond motifs is 1. The molecule has 0 heterocycles. The monoisotopic (exact) mass is 255 g/mol. The smallest absolute Gasteiger partial charge is 0.122 e. The van der Waals surface area contributed by atoms with Gasteiger partial charge in [0.1, 0.15) is 5.75 Å². The quantitative estimate of drug-likeness (QED) is 0.897. The summed E-state index contributed by atoms with van der Waals surface area (Å²) in [5.41, 5.74) is 3.00. The molecule has 1 N–H and O–H groups in total. The van der Waals surface area contributed by atoms with Crippen LogP contribution in [0.5, 0.6) is 5.75 Å². The molecule has 1 aliphatic carbocycles. The second-order valence-electron chi connectivity index (χ2n) is 5.02. The molecule has 3 heteroatoms. The van der Waals surface area contributed by atoms with Gasteiger partial charge in [-0.2, -0.15) is 0 Å². The van der Waals surface area contributed by atoms with Gasteiger partial charge in [-0.3, -0.25) is 0 Å². The van der Waals surface area contributed by atoms with Gasteiger partial charge in [0.05, 0.1) is 7.11 Å². The van der Waals surface area contributed by atoms with Crippen LogP contribution in [-0.2, 0) is 11.8 Å². The highest BCUT2D eigenvalue weighted by atomic mass is 35.5. The van der Waals surface area contributed by atoms with E-state index in [-0.39, 0.29) is 17.8 Å². The zero-order valence-electron chi connectivity index (χ0n) is 11.0. The van der Waals surface area contributed by atoms with Gasteiger partial charge < -0.3 is 10.1 Å². The van der Waals surface area contributed by atoms with Crippen molar-refractivity contribution < 1.29 is 4.74 Å². The van der Waals surface area contributed by atoms with Gasteiger partial charge in [-0.1, -0.05) is 32.9 Å². The van der Waals surface area contributed by atoms with E-state index in [4.69, 9.17) is 4.74 Å². The Morgan fingerprint density at radius 2 is 2.12 bits per heavy atom. The molecular formula is C14H22ClNO. The molecule has 1 atom stereocenters. The molecule has 0 aromatic heterocycles. The van der Waals surface area contributed by atoms with E-state index in [1.54, 1.807) is 7.11 Å². The maximum Gasteiger partial charge on any atom is 0.122 e. The first kappa shape index (κ1) is 14.3. The van der Waals surface area contributed by atoms with Crippen LogP contribution in [-0.4, -0.2) is 19.7 Å². The number of hydrogen-bond donors (Lipinski definition) is 1. The fraction of sp³-hybridized carbons (Fsp3) is 0.571. The predicted octanol–water partition coefficient (Wildman–Crippen LogP) is 2.93. The Hall–Kier alpha value is -0.730. The summed E-state index contributed by atoms with van der Waals surface area (Å²) in [6.07, 6.45) is 1.07. The number of rotatable bonds is 3. The van der Waals surface area contributed by atoms with Crippen molar-refractivity contribution in [3.63, 3.8) is 0 Å². The number of nitrogens with one attached hydrogen (secondary N) is 1. The fourth-order valence-corrected chi connectivity index (χ4v) is 2.79. The largest absolute Gasteiger partial charge is 0.496 e. The molecule has 1 aliphatic rings. The van der Waals surface area contributed by atoms with E-state index < -0.39 is 0 Å². The Labute approximate surface area is 110 Å². The Bertz CT molecular complexity index is 390. The van der Waals surface area contributed by atoms with Crippen LogP contribution in [0.3, 0.4) is 0 Å². The number of methoxy groups -OCH3 is 1. The molecule has 0 radical (unpaired) electrons. The second-order valence-corrected chi connectivity index (χ2v) is 5.02. The highest BCUT2D eigenvalue weighted by Gasteiger charge is 2.40. The van der Waals surface area contributed by atoms with Gasteiger partial charge in [0.2, 0.25) is 0 Å². The zero-order chi connectivity index (χ0) is 11.8. The predicted molar refractivity (Wildman–Crippen MR) is 74.4 cm³/mol. The van der Waals surface area contributed by atoms with Crippen LogP contribution < -0.4 is 10.1 Å². The lowest BCUT2D eigenvalue weighted by Crippen LogP contribution is -2.41.